The molecule has 0 aromatic heterocycles. The molecule has 0 bridgehead atoms. The molecule has 2 atom stereocenters. The normalized spacial score (nSPS) is 17.4. The second-order valence-electron chi connectivity index (χ2n) is 1.42. The predicted octanol–water partition coefficient (Wildman–Crippen LogP) is 1.50. The Morgan fingerprint density at radius 2 is 2.25 bits per heavy atom. The van der Waals surface area contributed by atoms with Crippen LogP contribution in [0.15, 0.2) is 0 Å². The number of carboxylic acids is 1. The Balaban J connectivity index is 3.64. The van der Waals surface area contributed by atoms with Crippen molar-refractivity contribution in [2.24, 2.45) is 0 Å². The van der Waals surface area contributed by atoms with Gasteiger partial charge in [-0.05, 0) is 6.92 Å². The quantitative estimate of drug-likeness (QED) is 0.594. The fraction of sp³-hybridized carbons (Fsp3) is 0.750. The monoisotopic (exact) mass is 248 g/mol. The van der Waals surface area contributed by atoms with Gasteiger partial charge < -0.3 is 5.11 Å². The molecule has 4 heteroatoms. The van der Waals surface area contributed by atoms with Crippen LogP contribution < -0.4 is 0 Å². The molecule has 48 valence electrons. The molecule has 0 rings (SSSR count). The van der Waals surface area contributed by atoms with Crippen LogP contribution in [0.1, 0.15) is 6.92 Å². The zero-order valence-electron chi connectivity index (χ0n) is 4.27. The average molecular weight is 248 g/mol. The van der Waals surface area contributed by atoms with Crippen molar-refractivity contribution >= 4 is 40.2 Å². The maximum atomic E-state index is 10.0. The first kappa shape index (κ1) is 8.49. The summed E-state index contributed by atoms with van der Waals surface area (Å²) in [6, 6.07) is 0. The van der Waals surface area contributed by atoms with E-state index in [-0.39, 0.29) is 5.38 Å². The van der Waals surface area contributed by atoms with Crippen LogP contribution in [-0.4, -0.2) is 20.4 Å². The van der Waals surface area contributed by atoms with Gasteiger partial charge in [0.1, 0.15) is 3.92 Å². The van der Waals surface area contributed by atoms with Crippen molar-refractivity contribution in [3.8, 4) is 0 Å². The Hall–Kier alpha value is 0.490. The molecule has 2 nitrogen and oxygen atoms in total. The molecular formula is C4H6ClIO2. The number of hydrogen-bond donors (Lipinski definition) is 1. The molecule has 0 saturated carbocycles. The van der Waals surface area contributed by atoms with E-state index in [9.17, 15) is 4.79 Å². The summed E-state index contributed by atoms with van der Waals surface area (Å²) in [5.41, 5.74) is 0. The first-order chi connectivity index (χ1) is 3.55. The molecule has 0 aromatic rings. The number of aliphatic carboxylic acids is 1. The summed E-state index contributed by atoms with van der Waals surface area (Å²) in [5, 5.41) is 7.96. The van der Waals surface area contributed by atoms with Crippen molar-refractivity contribution < 1.29 is 9.90 Å². The summed E-state index contributed by atoms with van der Waals surface area (Å²) >= 11 is 7.22. The van der Waals surface area contributed by atoms with E-state index in [1.54, 1.807) is 29.5 Å². The highest BCUT2D eigenvalue weighted by Gasteiger charge is 2.17. The third-order valence-electron chi connectivity index (χ3n) is 0.639. The second-order valence-corrected chi connectivity index (χ2v) is 3.45. The van der Waals surface area contributed by atoms with Gasteiger partial charge in [0.15, 0.2) is 0 Å². The van der Waals surface area contributed by atoms with Gasteiger partial charge in [-0.25, -0.2) is 0 Å². The molecule has 0 radical (unpaired) electrons. The third-order valence-corrected chi connectivity index (χ3v) is 2.93. The van der Waals surface area contributed by atoms with E-state index in [4.69, 9.17) is 16.7 Å². The van der Waals surface area contributed by atoms with Crippen LogP contribution in [0.5, 0.6) is 0 Å². The fourth-order valence-electron chi connectivity index (χ4n) is 0.196. The van der Waals surface area contributed by atoms with Crippen molar-refractivity contribution in [2.45, 2.75) is 16.2 Å². The van der Waals surface area contributed by atoms with Crippen molar-refractivity contribution in [3.05, 3.63) is 0 Å². The number of alkyl halides is 2. The summed E-state index contributed by atoms with van der Waals surface area (Å²) in [4.78, 5) is 10.0. The van der Waals surface area contributed by atoms with Crippen LogP contribution >= 0.6 is 34.2 Å². The lowest BCUT2D eigenvalue weighted by Crippen LogP contribution is -2.20. The molecular weight excluding hydrogens is 242 g/mol. The zero-order chi connectivity index (χ0) is 6.73. The maximum absolute atomic E-state index is 10.0. The van der Waals surface area contributed by atoms with Crippen LogP contribution in [0.3, 0.4) is 0 Å². The second kappa shape index (κ2) is 3.50. The van der Waals surface area contributed by atoms with Gasteiger partial charge in [-0.3, -0.25) is 4.79 Å². The van der Waals surface area contributed by atoms with Crippen LogP contribution in [0.2, 0.25) is 0 Å². The van der Waals surface area contributed by atoms with Gasteiger partial charge in [0.2, 0.25) is 0 Å². The summed E-state index contributed by atoms with van der Waals surface area (Å²) in [5.74, 6) is -0.854. The molecule has 0 fully saturated rings. The molecule has 0 amide bonds. The highest BCUT2D eigenvalue weighted by molar-refractivity contribution is 14.1. The van der Waals surface area contributed by atoms with Gasteiger partial charge in [-0.15, -0.1) is 11.6 Å². The molecule has 0 aromatic carbocycles. The molecule has 0 heterocycles. The Kier molecular flexibility index (Phi) is 3.72. The zero-order valence-corrected chi connectivity index (χ0v) is 7.18. The molecule has 0 aliphatic heterocycles. The Bertz CT molecular complexity index is 94.0. The fourth-order valence-corrected chi connectivity index (χ4v) is 0.304. The Morgan fingerprint density at radius 3 is 2.25 bits per heavy atom. The smallest absolute Gasteiger partial charge is 0.317 e. The number of carbonyl (C=O) groups is 1. The van der Waals surface area contributed by atoms with Crippen molar-refractivity contribution in [3.63, 3.8) is 0 Å². The summed E-state index contributed by atoms with van der Waals surface area (Å²) < 4.78 is -0.478. The molecule has 0 aliphatic carbocycles. The lowest BCUT2D eigenvalue weighted by molar-refractivity contribution is -0.135. The first-order valence-electron chi connectivity index (χ1n) is 2.06. The Labute approximate surface area is 66.4 Å². The predicted molar refractivity (Wildman–Crippen MR) is 40.8 cm³/mol. The number of carboxylic acid groups (broad SMARTS) is 1. The van der Waals surface area contributed by atoms with Crippen LogP contribution in [-0.2, 0) is 4.79 Å². The summed E-state index contributed by atoms with van der Waals surface area (Å²) in [6.07, 6.45) is 0. The SMILES string of the molecule is CC(Cl)C(I)C(=O)O. The van der Waals surface area contributed by atoms with Gasteiger partial charge >= 0.3 is 5.97 Å². The number of hydrogen-bond acceptors (Lipinski definition) is 1. The molecule has 1 N–H and O–H groups in total. The maximum Gasteiger partial charge on any atom is 0.317 e. The number of rotatable bonds is 2. The lowest BCUT2D eigenvalue weighted by Gasteiger charge is -2.03. The van der Waals surface area contributed by atoms with Crippen molar-refractivity contribution in [1.29, 1.82) is 0 Å². The molecule has 8 heavy (non-hydrogen) atoms. The molecule has 0 aliphatic rings. The van der Waals surface area contributed by atoms with E-state index in [0.29, 0.717) is 0 Å². The van der Waals surface area contributed by atoms with Crippen LogP contribution in [0.25, 0.3) is 0 Å². The van der Waals surface area contributed by atoms with E-state index in [1.807, 2.05) is 0 Å². The van der Waals surface area contributed by atoms with Crippen molar-refractivity contribution in [2.75, 3.05) is 0 Å². The lowest BCUT2D eigenvalue weighted by atomic mass is 10.3. The molecule has 0 saturated heterocycles. The van der Waals surface area contributed by atoms with Crippen LogP contribution in [0, 0.1) is 0 Å². The van der Waals surface area contributed by atoms with Gasteiger partial charge in [-0.2, -0.15) is 0 Å². The van der Waals surface area contributed by atoms with Gasteiger partial charge in [0.25, 0.3) is 0 Å². The van der Waals surface area contributed by atoms with E-state index < -0.39 is 9.89 Å². The minimum atomic E-state index is -0.854. The first-order valence-corrected chi connectivity index (χ1v) is 3.75. The van der Waals surface area contributed by atoms with E-state index in [2.05, 4.69) is 0 Å². The number of halogens is 2. The molecule has 0 spiro atoms. The minimum Gasteiger partial charge on any atom is -0.480 e. The van der Waals surface area contributed by atoms with E-state index in [0.717, 1.165) is 0 Å². The molecule has 2 unspecified atom stereocenters. The van der Waals surface area contributed by atoms with Gasteiger partial charge in [0.05, 0.1) is 5.38 Å². The topological polar surface area (TPSA) is 37.3 Å². The minimum absolute atomic E-state index is 0.298. The van der Waals surface area contributed by atoms with E-state index in [1.165, 1.54) is 0 Å². The summed E-state index contributed by atoms with van der Waals surface area (Å²) in [7, 11) is 0. The standard InChI is InChI=1S/C4H6ClIO2/c1-2(5)3(6)4(7)8/h2-3H,1H3,(H,7,8). The van der Waals surface area contributed by atoms with Crippen molar-refractivity contribution in [1.82, 2.24) is 0 Å². The van der Waals surface area contributed by atoms with Gasteiger partial charge in [-0.1, -0.05) is 22.6 Å². The third kappa shape index (κ3) is 2.71. The van der Waals surface area contributed by atoms with Gasteiger partial charge in [0, 0.05) is 0 Å². The van der Waals surface area contributed by atoms with Crippen LogP contribution in [0.4, 0.5) is 0 Å². The summed E-state index contributed by atoms with van der Waals surface area (Å²) in [6.45, 7) is 1.66. The largest absolute Gasteiger partial charge is 0.480 e. The highest BCUT2D eigenvalue weighted by Crippen LogP contribution is 2.11. The Morgan fingerprint density at radius 1 is 1.88 bits per heavy atom. The highest BCUT2D eigenvalue weighted by atomic mass is 127. The average Bonchev–Trinajstić information content (AvgIpc) is 1.64. The van der Waals surface area contributed by atoms with E-state index >= 15 is 0 Å².